The van der Waals surface area contributed by atoms with E-state index in [0.29, 0.717) is 6.54 Å². The van der Waals surface area contributed by atoms with Gasteiger partial charge >= 0.3 is 0 Å². The minimum Gasteiger partial charge on any atom is -0.380 e. The van der Waals surface area contributed by atoms with Crippen molar-refractivity contribution in [3.8, 4) is 0 Å². The van der Waals surface area contributed by atoms with Gasteiger partial charge in [0.05, 0.1) is 11.4 Å². The van der Waals surface area contributed by atoms with Crippen LogP contribution in [0.5, 0.6) is 0 Å². The van der Waals surface area contributed by atoms with E-state index in [1.54, 1.807) is 10.7 Å². The van der Waals surface area contributed by atoms with Crippen molar-refractivity contribution < 1.29 is 4.39 Å². The Labute approximate surface area is 114 Å². The molecule has 0 radical (unpaired) electrons. The molecular formula is C13H15BrFN3. The van der Waals surface area contributed by atoms with Gasteiger partial charge in [0.15, 0.2) is 0 Å². The minimum atomic E-state index is -0.248. The average Bonchev–Trinajstić information content (AvgIpc) is 2.71. The molecule has 0 aliphatic carbocycles. The van der Waals surface area contributed by atoms with Crippen LogP contribution in [0.4, 0.5) is 10.1 Å². The second-order valence-corrected chi connectivity index (χ2v) is 4.96. The largest absolute Gasteiger partial charge is 0.380 e. The first-order chi connectivity index (χ1) is 8.60. The van der Waals surface area contributed by atoms with Gasteiger partial charge in [-0.3, -0.25) is 4.68 Å². The van der Waals surface area contributed by atoms with Crippen molar-refractivity contribution in [2.24, 2.45) is 7.05 Å². The van der Waals surface area contributed by atoms with Crippen molar-refractivity contribution >= 4 is 21.6 Å². The molecule has 0 amide bonds. The maximum absolute atomic E-state index is 13.1. The normalized spacial score (nSPS) is 10.7. The lowest BCUT2D eigenvalue weighted by molar-refractivity contribution is 0.628. The Balaban J connectivity index is 2.13. The molecule has 1 aromatic carbocycles. The number of benzene rings is 1. The molecule has 5 heteroatoms. The van der Waals surface area contributed by atoms with E-state index in [4.69, 9.17) is 0 Å². The number of nitrogens with zero attached hydrogens (tertiary/aromatic N) is 2. The summed E-state index contributed by atoms with van der Waals surface area (Å²) in [4.78, 5) is 0. The van der Waals surface area contributed by atoms with Crippen LogP contribution in [-0.4, -0.2) is 9.78 Å². The highest BCUT2D eigenvalue weighted by Gasteiger charge is 2.07. The third-order valence-electron chi connectivity index (χ3n) is 2.72. The molecule has 0 aliphatic heterocycles. The lowest BCUT2D eigenvalue weighted by atomic mass is 10.2. The maximum atomic E-state index is 13.1. The number of hydrogen-bond donors (Lipinski definition) is 1. The first-order valence-electron chi connectivity index (χ1n) is 5.80. The van der Waals surface area contributed by atoms with E-state index in [1.165, 1.54) is 12.1 Å². The summed E-state index contributed by atoms with van der Waals surface area (Å²) in [6, 6.07) is 4.60. The van der Waals surface area contributed by atoms with Gasteiger partial charge in [-0.25, -0.2) is 4.39 Å². The highest BCUT2D eigenvalue weighted by atomic mass is 79.9. The molecule has 1 aromatic heterocycles. The second kappa shape index (κ2) is 5.52. The molecule has 0 saturated carbocycles. The van der Waals surface area contributed by atoms with Crippen molar-refractivity contribution in [3.63, 3.8) is 0 Å². The van der Waals surface area contributed by atoms with Gasteiger partial charge < -0.3 is 5.32 Å². The van der Waals surface area contributed by atoms with Gasteiger partial charge in [-0.05, 0) is 40.5 Å². The Hall–Kier alpha value is -1.36. The Morgan fingerprint density at radius 1 is 1.44 bits per heavy atom. The monoisotopic (exact) mass is 311 g/mol. The topological polar surface area (TPSA) is 29.9 Å². The van der Waals surface area contributed by atoms with Crippen LogP contribution in [-0.2, 0) is 20.0 Å². The minimum absolute atomic E-state index is 0.248. The smallest absolute Gasteiger partial charge is 0.125 e. The van der Waals surface area contributed by atoms with Crippen LogP contribution in [0.2, 0.25) is 0 Å². The molecule has 0 bridgehead atoms. The van der Waals surface area contributed by atoms with Gasteiger partial charge in [-0.15, -0.1) is 0 Å². The average molecular weight is 312 g/mol. The summed E-state index contributed by atoms with van der Waals surface area (Å²) in [6.07, 6.45) is 2.88. The summed E-state index contributed by atoms with van der Waals surface area (Å²) >= 11 is 3.39. The summed E-state index contributed by atoms with van der Waals surface area (Å²) < 4.78 is 15.8. The van der Waals surface area contributed by atoms with Crippen molar-refractivity contribution in [1.29, 1.82) is 0 Å². The van der Waals surface area contributed by atoms with E-state index >= 15 is 0 Å². The fraction of sp³-hybridized carbons (Fsp3) is 0.308. The third kappa shape index (κ3) is 2.90. The Bertz CT molecular complexity index is 551. The highest BCUT2D eigenvalue weighted by Crippen LogP contribution is 2.24. The van der Waals surface area contributed by atoms with E-state index in [2.05, 4.69) is 33.3 Å². The zero-order valence-electron chi connectivity index (χ0n) is 10.4. The van der Waals surface area contributed by atoms with E-state index in [0.717, 1.165) is 27.8 Å². The number of aryl methyl sites for hydroxylation is 2. The predicted octanol–water partition coefficient (Wildman–Crippen LogP) is 3.50. The fourth-order valence-corrected chi connectivity index (χ4v) is 2.24. The Morgan fingerprint density at radius 3 is 2.94 bits per heavy atom. The summed E-state index contributed by atoms with van der Waals surface area (Å²) in [5, 5.41) is 7.59. The lowest BCUT2D eigenvalue weighted by Crippen LogP contribution is -2.02. The van der Waals surface area contributed by atoms with Gasteiger partial charge in [0.2, 0.25) is 0 Å². The SMILES string of the molecule is CCc1nn(C)cc1CNc1cc(F)ccc1Br. The van der Waals surface area contributed by atoms with Crippen molar-refractivity contribution in [2.75, 3.05) is 5.32 Å². The number of hydrogen-bond acceptors (Lipinski definition) is 2. The van der Waals surface area contributed by atoms with Crippen LogP contribution in [0.1, 0.15) is 18.2 Å². The molecule has 96 valence electrons. The molecular weight excluding hydrogens is 297 g/mol. The van der Waals surface area contributed by atoms with Crippen LogP contribution < -0.4 is 5.32 Å². The van der Waals surface area contributed by atoms with Gasteiger partial charge in [-0.1, -0.05) is 6.92 Å². The zero-order chi connectivity index (χ0) is 13.1. The first kappa shape index (κ1) is 13.1. The predicted molar refractivity (Wildman–Crippen MR) is 74.0 cm³/mol. The van der Waals surface area contributed by atoms with E-state index in [-0.39, 0.29) is 5.82 Å². The number of aromatic nitrogens is 2. The summed E-state index contributed by atoms with van der Waals surface area (Å²) in [6.45, 7) is 2.71. The van der Waals surface area contributed by atoms with E-state index in [9.17, 15) is 4.39 Å². The highest BCUT2D eigenvalue weighted by molar-refractivity contribution is 9.10. The van der Waals surface area contributed by atoms with E-state index < -0.39 is 0 Å². The molecule has 0 atom stereocenters. The molecule has 2 rings (SSSR count). The molecule has 0 unspecified atom stereocenters. The number of halogens is 2. The zero-order valence-corrected chi connectivity index (χ0v) is 12.0. The van der Waals surface area contributed by atoms with Crippen LogP contribution in [0.3, 0.4) is 0 Å². The first-order valence-corrected chi connectivity index (χ1v) is 6.59. The fourth-order valence-electron chi connectivity index (χ4n) is 1.85. The van der Waals surface area contributed by atoms with Crippen LogP contribution in [0.25, 0.3) is 0 Å². The van der Waals surface area contributed by atoms with Crippen molar-refractivity contribution in [1.82, 2.24) is 9.78 Å². The molecule has 18 heavy (non-hydrogen) atoms. The lowest BCUT2D eigenvalue weighted by Gasteiger charge is -2.08. The van der Waals surface area contributed by atoms with Crippen LogP contribution >= 0.6 is 15.9 Å². The molecule has 0 aliphatic rings. The summed E-state index contributed by atoms with van der Waals surface area (Å²) in [7, 11) is 1.90. The molecule has 1 N–H and O–H groups in total. The molecule has 1 heterocycles. The molecule has 0 spiro atoms. The van der Waals surface area contributed by atoms with E-state index in [1.807, 2.05) is 13.2 Å². The standard InChI is InChI=1S/C13H15BrFN3/c1-3-12-9(8-18(2)17-12)7-16-13-6-10(15)4-5-11(13)14/h4-6,8,16H,3,7H2,1-2H3. The molecule has 0 fully saturated rings. The summed E-state index contributed by atoms with van der Waals surface area (Å²) in [5.74, 6) is -0.248. The second-order valence-electron chi connectivity index (χ2n) is 4.11. The molecule has 2 aromatic rings. The number of anilines is 1. The number of rotatable bonds is 4. The van der Waals surface area contributed by atoms with Crippen LogP contribution in [0, 0.1) is 5.82 Å². The molecule has 3 nitrogen and oxygen atoms in total. The van der Waals surface area contributed by atoms with Gasteiger partial charge in [0, 0.05) is 29.8 Å². The summed E-state index contributed by atoms with van der Waals surface area (Å²) in [5.41, 5.74) is 2.95. The quantitative estimate of drug-likeness (QED) is 0.936. The number of nitrogens with one attached hydrogen (secondary N) is 1. The Morgan fingerprint density at radius 2 is 2.22 bits per heavy atom. The third-order valence-corrected chi connectivity index (χ3v) is 3.42. The van der Waals surface area contributed by atoms with Crippen LogP contribution in [0.15, 0.2) is 28.9 Å². The van der Waals surface area contributed by atoms with Crippen molar-refractivity contribution in [3.05, 3.63) is 45.9 Å². The van der Waals surface area contributed by atoms with Gasteiger partial charge in [0.25, 0.3) is 0 Å². The van der Waals surface area contributed by atoms with Gasteiger partial charge in [-0.2, -0.15) is 5.10 Å². The van der Waals surface area contributed by atoms with Crippen molar-refractivity contribution in [2.45, 2.75) is 19.9 Å². The maximum Gasteiger partial charge on any atom is 0.125 e. The Kier molecular flexibility index (Phi) is 4.01. The van der Waals surface area contributed by atoms with Gasteiger partial charge in [0.1, 0.15) is 5.82 Å². The molecule has 0 saturated heterocycles.